The fourth-order valence-electron chi connectivity index (χ4n) is 2.49. The highest BCUT2D eigenvalue weighted by Crippen LogP contribution is 2.34. The molecular formula is C19H18F3NO2. The van der Waals surface area contributed by atoms with Crippen LogP contribution in [-0.2, 0) is 11.0 Å². The van der Waals surface area contributed by atoms with Gasteiger partial charge in [0.15, 0.2) is 0 Å². The number of alkyl halides is 3. The minimum Gasteiger partial charge on any atom is -0.497 e. The molecule has 25 heavy (non-hydrogen) atoms. The molecule has 0 heterocycles. The Bertz CT molecular complexity index is 788. The van der Waals surface area contributed by atoms with Crippen molar-refractivity contribution in [2.45, 2.75) is 20.0 Å². The predicted molar refractivity (Wildman–Crippen MR) is 91.6 cm³/mol. The van der Waals surface area contributed by atoms with E-state index in [0.29, 0.717) is 5.75 Å². The second kappa shape index (κ2) is 7.42. The van der Waals surface area contributed by atoms with E-state index < -0.39 is 17.6 Å². The Morgan fingerprint density at radius 2 is 1.72 bits per heavy atom. The number of benzene rings is 2. The smallest absolute Gasteiger partial charge is 0.418 e. The first kappa shape index (κ1) is 18.6. The van der Waals surface area contributed by atoms with Crippen LogP contribution in [0.3, 0.4) is 0 Å². The molecule has 0 radical (unpaired) electrons. The van der Waals surface area contributed by atoms with Crippen LogP contribution in [0.2, 0.25) is 0 Å². The number of methoxy groups -OCH3 is 1. The van der Waals surface area contributed by atoms with Crippen LogP contribution >= 0.6 is 0 Å². The maximum absolute atomic E-state index is 12.9. The number of hydrogen-bond acceptors (Lipinski definition) is 2. The average Bonchev–Trinajstić information content (AvgIpc) is 2.53. The number of carbonyl (C=O) groups is 1. The average molecular weight is 349 g/mol. The molecule has 6 heteroatoms. The highest BCUT2D eigenvalue weighted by Gasteiger charge is 2.33. The van der Waals surface area contributed by atoms with E-state index >= 15 is 0 Å². The number of aryl methyl sites for hydroxylation is 2. The number of ether oxygens (including phenoxy) is 1. The van der Waals surface area contributed by atoms with Crippen LogP contribution in [0.5, 0.6) is 5.75 Å². The highest BCUT2D eigenvalue weighted by molar-refractivity contribution is 6.02. The van der Waals surface area contributed by atoms with Crippen molar-refractivity contribution in [2.75, 3.05) is 12.4 Å². The first-order valence-corrected chi connectivity index (χ1v) is 7.53. The van der Waals surface area contributed by atoms with E-state index in [9.17, 15) is 18.0 Å². The van der Waals surface area contributed by atoms with Crippen LogP contribution in [0.1, 0.15) is 22.3 Å². The lowest BCUT2D eigenvalue weighted by molar-refractivity contribution is -0.136. The van der Waals surface area contributed by atoms with Crippen molar-refractivity contribution in [1.82, 2.24) is 0 Å². The van der Waals surface area contributed by atoms with E-state index in [1.165, 1.54) is 24.3 Å². The molecule has 0 fully saturated rings. The van der Waals surface area contributed by atoms with Crippen LogP contribution in [0.25, 0.3) is 6.08 Å². The van der Waals surface area contributed by atoms with E-state index in [-0.39, 0.29) is 5.69 Å². The van der Waals surface area contributed by atoms with Gasteiger partial charge in [-0.05, 0) is 60.9 Å². The molecular weight excluding hydrogens is 331 g/mol. The summed E-state index contributed by atoms with van der Waals surface area (Å²) >= 11 is 0. The zero-order chi connectivity index (χ0) is 18.6. The number of carbonyl (C=O) groups excluding carboxylic acids is 1. The second-order valence-electron chi connectivity index (χ2n) is 5.54. The molecule has 0 atom stereocenters. The molecule has 0 aliphatic heterocycles. The van der Waals surface area contributed by atoms with Gasteiger partial charge in [-0.3, -0.25) is 4.79 Å². The highest BCUT2D eigenvalue weighted by atomic mass is 19.4. The number of rotatable bonds is 4. The van der Waals surface area contributed by atoms with E-state index in [0.717, 1.165) is 22.8 Å². The van der Waals surface area contributed by atoms with Gasteiger partial charge in [0.2, 0.25) is 5.91 Å². The number of para-hydroxylation sites is 1. The maximum atomic E-state index is 12.9. The first-order valence-electron chi connectivity index (χ1n) is 7.53. The van der Waals surface area contributed by atoms with Gasteiger partial charge in [0, 0.05) is 6.08 Å². The Balaban J connectivity index is 2.21. The van der Waals surface area contributed by atoms with Gasteiger partial charge in [0.25, 0.3) is 0 Å². The second-order valence-corrected chi connectivity index (χ2v) is 5.54. The number of hydrogen-bond donors (Lipinski definition) is 1. The van der Waals surface area contributed by atoms with Gasteiger partial charge in [-0.1, -0.05) is 12.1 Å². The number of nitrogens with one attached hydrogen (secondary N) is 1. The van der Waals surface area contributed by atoms with Crippen LogP contribution in [0, 0.1) is 13.8 Å². The molecule has 0 aromatic heterocycles. The summed E-state index contributed by atoms with van der Waals surface area (Å²) in [6.07, 6.45) is -1.73. The molecule has 2 aromatic carbocycles. The maximum Gasteiger partial charge on any atom is 0.418 e. The fourth-order valence-corrected chi connectivity index (χ4v) is 2.49. The number of anilines is 1. The number of halogens is 3. The van der Waals surface area contributed by atoms with Gasteiger partial charge < -0.3 is 10.1 Å². The topological polar surface area (TPSA) is 38.3 Å². The molecule has 0 aliphatic rings. The van der Waals surface area contributed by atoms with E-state index in [2.05, 4.69) is 5.32 Å². The van der Waals surface area contributed by atoms with Crippen molar-refractivity contribution in [3.8, 4) is 5.75 Å². The molecule has 0 spiro atoms. The molecule has 3 nitrogen and oxygen atoms in total. The van der Waals surface area contributed by atoms with E-state index in [1.54, 1.807) is 13.2 Å². The summed E-state index contributed by atoms with van der Waals surface area (Å²) in [5.41, 5.74) is 1.47. The third-order valence-corrected chi connectivity index (χ3v) is 3.69. The first-order chi connectivity index (χ1) is 11.7. The normalized spacial score (nSPS) is 11.6. The van der Waals surface area contributed by atoms with Crippen molar-refractivity contribution in [2.24, 2.45) is 0 Å². The quantitative estimate of drug-likeness (QED) is 0.791. The fraction of sp³-hybridized carbons (Fsp3) is 0.211. The minimum absolute atomic E-state index is 0.271. The Kier molecular flexibility index (Phi) is 5.51. The van der Waals surface area contributed by atoms with Crippen molar-refractivity contribution in [3.63, 3.8) is 0 Å². The SMILES string of the molecule is COc1cc(C)c(/C=C/C(=O)Nc2ccccc2C(F)(F)F)c(C)c1. The Morgan fingerprint density at radius 1 is 1.12 bits per heavy atom. The van der Waals surface area contributed by atoms with Gasteiger partial charge in [0.05, 0.1) is 18.4 Å². The number of amides is 1. The lowest BCUT2D eigenvalue weighted by Crippen LogP contribution is -2.14. The van der Waals surface area contributed by atoms with Crippen molar-refractivity contribution >= 4 is 17.7 Å². The van der Waals surface area contributed by atoms with Crippen LogP contribution in [-0.4, -0.2) is 13.0 Å². The largest absolute Gasteiger partial charge is 0.497 e. The molecule has 2 rings (SSSR count). The molecule has 1 amide bonds. The minimum atomic E-state index is -4.53. The molecule has 2 aromatic rings. The van der Waals surface area contributed by atoms with Crippen LogP contribution < -0.4 is 10.1 Å². The van der Waals surface area contributed by atoms with Gasteiger partial charge in [-0.25, -0.2) is 0 Å². The molecule has 0 saturated carbocycles. The summed E-state index contributed by atoms with van der Waals surface area (Å²) in [5, 5.41) is 2.28. The third kappa shape index (κ3) is 4.62. The third-order valence-electron chi connectivity index (χ3n) is 3.69. The van der Waals surface area contributed by atoms with Crippen molar-refractivity contribution in [3.05, 3.63) is 64.7 Å². The Labute approximate surface area is 144 Å². The summed E-state index contributed by atoms with van der Waals surface area (Å²) in [5.74, 6) is 0.0713. The van der Waals surface area contributed by atoms with Gasteiger partial charge in [-0.2, -0.15) is 13.2 Å². The standard InChI is InChI=1S/C19H18F3NO2/c1-12-10-14(25-3)11-13(2)15(12)8-9-18(24)23-17-7-5-4-6-16(17)19(20,21)22/h4-11H,1-3H3,(H,23,24)/b9-8+. The molecule has 0 aliphatic carbocycles. The summed E-state index contributed by atoms with van der Waals surface area (Å²) < 4.78 is 44.0. The Morgan fingerprint density at radius 3 is 2.28 bits per heavy atom. The van der Waals surface area contributed by atoms with Gasteiger partial charge in [-0.15, -0.1) is 0 Å². The van der Waals surface area contributed by atoms with Crippen molar-refractivity contribution in [1.29, 1.82) is 0 Å². The monoisotopic (exact) mass is 349 g/mol. The zero-order valence-electron chi connectivity index (χ0n) is 14.1. The van der Waals surface area contributed by atoms with Gasteiger partial charge in [0.1, 0.15) is 5.75 Å². The lowest BCUT2D eigenvalue weighted by atomic mass is 10.0. The zero-order valence-corrected chi connectivity index (χ0v) is 14.1. The lowest BCUT2D eigenvalue weighted by Gasteiger charge is -2.12. The predicted octanol–water partition coefficient (Wildman–Crippen LogP) is 4.98. The summed E-state index contributed by atoms with van der Waals surface area (Å²) in [7, 11) is 1.56. The summed E-state index contributed by atoms with van der Waals surface area (Å²) in [4.78, 5) is 12.0. The van der Waals surface area contributed by atoms with Gasteiger partial charge >= 0.3 is 6.18 Å². The van der Waals surface area contributed by atoms with Crippen LogP contribution in [0.15, 0.2) is 42.5 Å². The summed E-state index contributed by atoms with van der Waals surface area (Å²) in [6, 6.07) is 8.51. The van der Waals surface area contributed by atoms with E-state index in [1.807, 2.05) is 26.0 Å². The molecule has 132 valence electrons. The van der Waals surface area contributed by atoms with E-state index in [4.69, 9.17) is 4.74 Å². The molecule has 0 saturated heterocycles. The van der Waals surface area contributed by atoms with Crippen molar-refractivity contribution < 1.29 is 22.7 Å². The molecule has 1 N–H and O–H groups in total. The molecule has 0 unspecified atom stereocenters. The Hall–Kier alpha value is -2.76. The van der Waals surface area contributed by atoms with Crippen LogP contribution in [0.4, 0.5) is 18.9 Å². The molecule has 0 bridgehead atoms. The summed E-state index contributed by atoms with van der Waals surface area (Å²) in [6.45, 7) is 3.73.